The van der Waals surface area contributed by atoms with Crippen molar-refractivity contribution < 1.29 is 14.3 Å². The SMILES string of the molecule is CCCC1=C(C(=O)OCC)[C@@H](c2cccc(Oc3ccccc3)c2)n2c(nc3ccccc32)N1. The van der Waals surface area contributed by atoms with Crippen molar-refractivity contribution in [3.05, 3.63) is 95.7 Å². The number of carbonyl (C=O) groups excluding carboxylic acids is 1. The van der Waals surface area contributed by atoms with E-state index in [1.165, 1.54) is 0 Å². The molecule has 0 spiro atoms. The lowest BCUT2D eigenvalue weighted by molar-refractivity contribution is -0.139. The lowest BCUT2D eigenvalue weighted by Crippen LogP contribution is -2.29. The van der Waals surface area contributed by atoms with E-state index < -0.39 is 6.04 Å². The van der Waals surface area contributed by atoms with Crippen molar-refractivity contribution in [1.29, 1.82) is 0 Å². The number of nitrogens with zero attached hydrogens (tertiary/aromatic N) is 2. The normalized spacial score (nSPS) is 15.1. The molecule has 1 atom stereocenters. The van der Waals surface area contributed by atoms with Crippen LogP contribution in [0.4, 0.5) is 5.95 Å². The predicted molar refractivity (Wildman–Crippen MR) is 133 cm³/mol. The number of nitrogens with one attached hydrogen (secondary N) is 1. The molecule has 5 rings (SSSR count). The zero-order valence-electron chi connectivity index (χ0n) is 19.3. The minimum atomic E-state index is -0.399. The van der Waals surface area contributed by atoms with Crippen LogP contribution in [0.3, 0.4) is 0 Å². The van der Waals surface area contributed by atoms with Gasteiger partial charge in [-0.05, 0) is 55.3 Å². The average Bonchev–Trinajstić information content (AvgIpc) is 3.22. The van der Waals surface area contributed by atoms with E-state index in [2.05, 4.69) is 16.8 Å². The highest BCUT2D eigenvalue weighted by Crippen LogP contribution is 2.41. The molecule has 0 fully saturated rings. The van der Waals surface area contributed by atoms with Crippen molar-refractivity contribution in [2.45, 2.75) is 32.7 Å². The molecule has 3 aromatic carbocycles. The number of hydrogen-bond donors (Lipinski definition) is 1. The van der Waals surface area contributed by atoms with Gasteiger partial charge in [0.2, 0.25) is 5.95 Å². The molecule has 1 aliphatic rings. The summed E-state index contributed by atoms with van der Waals surface area (Å²) >= 11 is 0. The smallest absolute Gasteiger partial charge is 0.338 e. The summed E-state index contributed by atoms with van der Waals surface area (Å²) in [5.74, 6) is 1.86. The third kappa shape index (κ3) is 4.03. The van der Waals surface area contributed by atoms with Crippen molar-refractivity contribution in [1.82, 2.24) is 9.55 Å². The summed E-state index contributed by atoms with van der Waals surface area (Å²) in [5, 5.41) is 3.43. The Labute approximate surface area is 198 Å². The number of esters is 1. The summed E-state index contributed by atoms with van der Waals surface area (Å²) in [6.45, 7) is 4.23. The largest absolute Gasteiger partial charge is 0.463 e. The molecule has 0 unspecified atom stereocenters. The summed E-state index contributed by atoms with van der Waals surface area (Å²) in [4.78, 5) is 18.2. The number of rotatable bonds is 7. The minimum absolute atomic E-state index is 0.309. The molecule has 4 aromatic rings. The second-order valence-electron chi connectivity index (χ2n) is 8.17. The first-order valence-corrected chi connectivity index (χ1v) is 11.7. The lowest BCUT2D eigenvalue weighted by atomic mass is 9.93. The van der Waals surface area contributed by atoms with E-state index in [9.17, 15) is 4.79 Å². The van der Waals surface area contributed by atoms with Crippen molar-refractivity contribution >= 4 is 23.0 Å². The number of benzene rings is 3. The molecule has 2 heterocycles. The Morgan fingerprint density at radius 2 is 1.74 bits per heavy atom. The summed E-state index contributed by atoms with van der Waals surface area (Å²) in [7, 11) is 0. The second kappa shape index (κ2) is 9.43. The standard InChI is InChI=1S/C28H27N3O3/c1-3-11-23-25(27(32)33-4-2)26(31-24-17-9-8-16-22(24)29-28(31)30-23)19-12-10-15-21(18-19)34-20-13-6-5-7-14-20/h5-10,12-18,26H,3-4,11H2,1-2H3,(H,29,30)/t26-/m1/s1. The number of aromatic nitrogens is 2. The quantitative estimate of drug-likeness (QED) is 0.325. The van der Waals surface area contributed by atoms with Gasteiger partial charge in [0.15, 0.2) is 0 Å². The predicted octanol–water partition coefficient (Wildman–Crippen LogP) is 6.46. The fourth-order valence-corrected chi connectivity index (χ4v) is 4.47. The van der Waals surface area contributed by atoms with Gasteiger partial charge in [-0.15, -0.1) is 0 Å². The fraction of sp³-hybridized carbons (Fsp3) is 0.214. The number of anilines is 1. The molecule has 0 bridgehead atoms. The van der Waals surface area contributed by atoms with Gasteiger partial charge in [-0.2, -0.15) is 0 Å². The van der Waals surface area contributed by atoms with Gasteiger partial charge in [-0.25, -0.2) is 9.78 Å². The van der Waals surface area contributed by atoms with Crippen LogP contribution in [-0.4, -0.2) is 22.1 Å². The van der Waals surface area contributed by atoms with Gasteiger partial charge in [0.1, 0.15) is 11.5 Å². The Hall–Kier alpha value is -4.06. The molecule has 0 radical (unpaired) electrons. The maximum Gasteiger partial charge on any atom is 0.338 e. The van der Waals surface area contributed by atoms with Crippen LogP contribution in [0.15, 0.2) is 90.1 Å². The summed E-state index contributed by atoms with van der Waals surface area (Å²) in [5.41, 5.74) is 4.20. The van der Waals surface area contributed by atoms with Crippen LogP contribution in [0.25, 0.3) is 11.0 Å². The van der Waals surface area contributed by atoms with Crippen LogP contribution in [0.2, 0.25) is 0 Å². The van der Waals surface area contributed by atoms with Crippen molar-refractivity contribution in [2.75, 3.05) is 11.9 Å². The first kappa shape index (κ1) is 21.8. The first-order valence-electron chi connectivity index (χ1n) is 11.7. The molecular formula is C28H27N3O3. The zero-order chi connectivity index (χ0) is 23.5. The molecular weight excluding hydrogens is 426 g/mol. The molecule has 172 valence electrons. The maximum atomic E-state index is 13.3. The fourth-order valence-electron chi connectivity index (χ4n) is 4.47. The Kier molecular flexibility index (Phi) is 6.04. The maximum absolute atomic E-state index is 13.3. The molecule has 34 heavy (non-hydrogen) atoms. The van der Waals surface area contributed by atoms with Crippen molar-refractivity contribution in [2.24, 2.45) is 0 Å². The number of ether oxygens (including phenoxy) is 2. The van der Waals surface area contributed by atoms with Crippen LogP contribution in [0.5, 0.6) is 11.5 Å². The molecule has 1 N–H and O–H groups in total. The highest BCUT2D eigenvalue weighted by Gasteiger charge is 2.36. The van der Waals surface area contributed by atoms with Crippen LogP contribution in [-0.2, 0) is 9.53 Å². The Morgan fingerprint density at radius 3 is 2.53 bits per heavy atom. The highest BCUT2D eigenvalue weighted by molar-refractivity contribution is 5.94. The van der Waals surface area contributed by atoms with E-state index in [-0.39, 0.29) is 5.97 Å². The van der Waals surface area contributed by atoms with Gasteiger partial charge in [-0.1, -0.05) is 55.8 Å². The Balaban J connectivity index is 1.68. The average molecular weight is 454 g/mol. The molecule has 0 aliphatic carbocycles. The van der Waals surface area contributed by atoms with Gasteiger partial charge in [0, 0.05) is 5.70 Å². The third-order valence-electron chi connectivity index (χ3n) is 5.86. The number of allylic oxidation sites excluding steroid dienone is 1. The molecule has 0 saturated carbocycles. The van der Waals surface area contributed by atoms with Gasteiger partial charge in [0.25, 0.3) is 0 Å². The van der Waals surface area contributed by atoms with Gasteiger partial charge < -0.3 is 14.8 Å². The van der Waals surface area contributed by atoms with Crippen LogP contribution >= 0.6 is 0 Å². The summed E-state index contributed by atoms with van der Waals surface area (Å²) in [6, 6.07) is 25.1. The topological polar surface area (TPSA) is 65.4 Å². The van der Waals surface area contributed by atoms with Crippen molar-refractivity contribution in [3.63, 3.8) is 0 Å². The third-order valence-corrected chi connectivity index (χ3v) is 5.86. The second-order valence-corrected chi connectivity index (χ2v) is 8.17. The molecule has 1 aliphatic heterocycles. The van der Waals surface area contributed by atoms with Gasteiger partial charge in [-0.3, -0.25) is 4.57 Å². The zero-order valence-corrected chi connectivity index (χ0v) is 19.3. The van der Waals surface area contributed by atoms with Gasteiger partial charge in [0.05, 0.1) is 29.3 Å². The van der Waals surface area contributed by atoms with Crippen LogP contribution in [0, 0.1) is 0 Å². The van der Waals surface area contributed by atoms with E-state index in [0.717, 1.165) is 40.4 Å². The summed E-state index contributed by atoms with van der Waals surface area (Å²) in [6.07, 6.45) is 1.60. The number of imidazole rings is 1. The Morgan fingerprint density at radius 1 is 0.971 bits per heavy atom. The van der Waals surface area contributed by atoms with Crippen molar-refractivity contribution in [3.8, 4) is 11.5 Å². The molecule has 6 heteroatoms. The first-order chi connectivity index (χ1) is 16.7. The molecule has 1 aromatic heterocycles. The molecule has 0 saturated heterocycles. The molecule has 6 nitrogen and oxygen atoms in total. The van der Waals surface area contributed by atoms with Gasteiger partial charge >= 0.3 is 5.97 Å². The van der Waals surface area contributed by atoms with E-state index in [1.807, 2.05) is 85.8 Å². The number of carbonyl (C=O) groups is 1. The van der Waals surface area contributed by atoms with E-state index in [0.29, 0.717) is 24.4 Å². The van der Waals surface area contributed by atoms with E-state index in [1.54, 1.807) is 0 Å². The van der Waals surface area contributed by atoms with Crippen LogP contribution < -0.4 is 10.1 Å². The molecule has 0 amide bonds. The monoisotopic (exact) mass is 453 g/mol. The number of para-hydroxylation sites is 3. The number of fused-ring (bicyclic) bond motifs is 3. The van der Waals surface area contributed by atoms with E-state index in [4.69, 9.17) is 14.5 Å². The minimum Gasteiger partial charge on any atom is -0.463 e. The van der Waals surface area contributed by atoms with E-state index >= 15 is 0 Å². The summed E-state index contributed by atoms with van der Waals surface area (Å²) < 4.78 is 13.7. The Bertz CT molecular complexity index is 1360. The number of hydrogen-bond acceptors (Lipinski definition) is 5. The van der Waals surface area contributed by atoms with Crippen LogP contribution in [0.1, 0.15) is 38.3 Å². The highest BCUT2D eigenvalue weighted by atomic mass is 16.5. The lowest BCUT2D eigenvalue weighted by Gasteiger charge is -2.31.